The van der Waals surface area contributed by atoms with E-state index in [-0.39, 0.29) is 21.2 Å². The quantitative estimate of drug-likeness (QED) is 0.574. The Morgan fingerprint density at radius 2 is 1.68 bits per heavy atom. The van der Waals surface area contributed by atoms with E-state index in [1.165, 1.54) is 12.1 Å². The summed E-state index contributed by atoms with van der Waals surface area (Å²) in [6.45, 7) is 1.89. The highest BCUT2D eigenvalue weighted by atomic mass is 35.5. The molecule has 0 saturated heterocycles. The van der Waals surface area contributed by atoms with Gasteiger partial charge in [-0.2, -0.15) is 0 Å². The van der Waals surface area contributed by atoms with Crippen LogP contribution in [0.5, 0.6) is 11.5 Å². The van der Waals surface area contributed by atoms with Crippen LogP contribution in [0.25, 0.3) is 11.6 Å². The first-order chi connectivity index (χ1) is 10.3. The molecule has 3 N–H and O–H groups in total. The first kappa shape index (κ1) is 16.2. The molecular weight excluding hydrogens is 327 g/mol. The molecular formula is C16H12Cl2O4. The van der Waals surface area contributed by atoms with E-state index in [2.05, 4.69) is 0 Å². The van der Waals surface area contributed by atoms with Crippen molar-refractivity contribution in [3.8, 4) is 11.5 Å². The van der Waals surface area contributed by atoms with Crippen LogP contribution in [0.2, 0.25) is 10.0 Å². The van der Waals surface area contributed by atoms with Crippen molar-refractivity contribution in [2.45, 2.75) is 6.92 Å². The van der Waals surface area contributed by atoms with Crippen molar-refractivity contribution < 1.29 is 20.1 Å². The molecule has 0 aromatic heterocycles. The average molecular weight is 339 g/mol. The van der Waals surface area contributed by atoms with Gasteiger partial charge in [0.25, 0.3) is 0 Å². The molecule has 0 radical (unpaired) electrons. The lowest BCUT2D eigenvalue weighted by molar-refractivity contribution is -0.130. The van der Waals surface area contributed by atoms with E-state index in [9.17, 15) is 20.1 Å². The molecule has 0 amide bonds. The fourth-order valence-electron chi connectivity index (χ4n) is 1.88. The second-order valence-electron chi connectivity index (χ2n) is 4.69. The molecule has 0 unspecified atom stereocenters. The Kier molecular flexibility index (Phi) is 4.64. The fourth-order valence-corrected chi connectivity index (χ4v) is 2.36. The number of aliphatic carboxylic acids is 1. The SMILES string of the molecule is Cc1ccc(/C(=C/c2cc(Cl)c(O)c(Cl)c2O)C(=O)O)cc1. The van der Waals surface area contributed by atoms with Gasteiger partial charge >= 0.3 is 5.97 Å². The third-order valence-electron chi connectivity index (χ3n) is 3.09. The second-order valence-corrected chi connectivity index (χ2v) is 5.47. The molecule has 0 saturated carbocycles. The van der Waals surface area contributed by atoms with Gasteiger partial charge in [0.05, 0.1) is 10.6 Å². The van der Waals surface area contributed by atoms with E-state index in [0.717, 1.165) is 5.56 Å². The number of benzene rings is 2. The number of halogens is 2. The van der Waals surface area contributed by atoms with Gasteiger partial charge in [-0.3, -0.25) is 0 Å². The van der Waals surface area contributed by atoms with Gasteiger partial charge in [0.1, 0.15) is 10.8 Å². The minimum atomic E-state index is -1.16. The van der Waals surface area contributed by atoms with E-state index in [4.69, 9.17) is 23.2 Å². The van der Waals surface area contributed by atoms with Crippen LogP contribution in [0.4, 0.5) is 0 Å². The molecule has 0 atom stereocenters. The van der Waals surface area contributed by atoms with Gasteiger partial charge in [0.2, 0.25) is 0 Å². The fraction of sp³-hybridized carbons (Fsp3) is 0.0625. The molecule has 0 fully saturated rings. The van der Waals surface area contributed by atoms with Crippen LogP contribution in [0.15, 0.2) is 30.3 Å². The molecule has 0 aliphatic rings. The summed E-state index contributed by atoms with van der Waals surface area (Å²) in [6, 6.07) is 8.13. The van der Waals surface area contributed by atoms with Crippen molar-refractivity contribution in [3.63, 3.8) is 0 Å². The third kappa shape index (κ3) is 3.18. The Balaban J connectivity index is 2.61. The standard InChI is InChI=1S/C16H12Cl2O4/c1-8-2-4-9(5-3-8)11(16(21)22)6-10-7-12(17)15(20)13(18)14(10)19/h2-7,19-20H,1H3,(H,21,22)/b11-6-. The van der Waals surface area contributed by atoms with Crippen molar-refractivity contribution in [1.29, 1.82) is 0 Å². The molecule has 2 aromatic rings. The lowest BCUT2D eigenvalue weighted by Crippen LogP contribution is -1.99. The number of phenols is 2. The normalized spacial score (nSPS) is 11.5. The van der Waals surface area contributed by atoms with Crippen molar-refractivity contribution in [2.24, 2.45) is 0 Å². The molecule has 6 heteroatoms. The van der Waals surface area contributed by atoms with Gasteiger partial charge in [-0.15, -0.1) is 0 Å². The molecule has 2 rings (SSSR count). The highest BCUT2D eigenvalue weighted by molar-refractivity contribution is 6.38. The first-order valence-corrected chi connectivity index (χ1v) is 6.98. The highest BCUT2D eigenvalue weighted by Gasteiger charge is 2.16. The maximum absolute atomic E-state index is 11.5. The van der Waals surface area contributed by atoms with Crippen LogP contribution in [-0.4, -0.2) is 21.3 Å². The smallest absolute Gasteiger partial charge is 0.336 e. The van der Waals surface area contributed by atoms with Gasteiger partial charge in [-0.1, -0.05) is 53.0 Å². The van der Waals surface area contributed by atoms with Gasteiger partial charge < -0.3 is 15.3 Å². The topological polar surface area (TPSA) is 77.8 Å². The van der Waals surface area contributed by atoms with Crippen LogP contribution < -0.4 is 0 Å². The molecule has 22 heavy (non-hydrogen) atoms. The summed E-state index contributed by atoms with van der Waals surface area (Å²) in [7, 11) is 0. The lowest BCUT2D eigenvalue weighted by atomic mass is 10.0. The maximum Gasteiger partial charge on any atom is 0.336 e. The Morgan fingerprint density at radius 3 is 2.23 bits per heavy atom. The maximum atomic E-state index is 11.5. The molecule has 0 heterocycles. The Bertz CT molecular complexity index is 765. The minimum Gasteiger partial charge on any atom is -0.506 e. The molecule has 2 aromatic carbocycles. The van der Waals surface area contributed by atoms with Crippen LogP contribution in [-0.2, 0) is 4.79 Å². The summed E-state index contributed by atoms with van der Waals surface area (Å²) in [5.74, 6) is -2.05. The number of aryl methyl sites for hydroxylation is 1. The summed E-state index contributed by atoms with van der Waals surface area (Å²) in [5, 5.41) is 28.4. The van der Waals surface area contributed by atoms with Gasteiger partial charge in [-0.25, -0.2) is 4.79 Å². The number of hydrogen-bond acceptors (Lipinski definition) is 3. The van der Waals surface area contributed by atoms with Crippen LogP contribution in [0, 0.1) is 6.92 Å². The zero-order valence-corrected chi connectivity index (χ0v) is 13.0. The summed E-state index contributed by atoms with van der Waals surface area (Å²) in [6.07, 6.45) is 1.25. The van der Waals surface area contributed by atoms with Crippen LogP contribution in [0.3, 0.4) is 0 Å². The summed E-state index contributed by atoms with van der Waals surface area (Å²) < 4.78 is 0. The number of carbonyl (C=O) groups is 1. The van der Waals surface area contributed by atoms with Gasteiger partial charge in [-0.05, 0) is 24.6 Å². The second kappa shape index (κ2) is 6.30. The van der Waals surface area contributed by atoms with E-state index in [1.54, 1.807) is 24.3 Å². The van der Waals surface area contributed by atoms with Crippen LogP contribution in [0.1, 0.15) is 16.7 Å². The van der Waals surface area contributed by atoms with Crippen molar-refractivity contribution in [3.05, 3.63) is 57.1 Å². The van der Waals surface area contributed by atoms with Crippen molar-refractivity contribution in [1.82, 2.24) is 0 Å². The molecule has 0 bridgehead atoms. The minimum absolute atomic E-state index is 0.0341. The van der Waals surface area contributed by atoms with Crippen molar-refractivity contribution in [2.75, 3.05) is 0 Å². The average Bonchev–Trinajstić information content (AvgIpc) is 2.48. The highest BCUT2D eigenvalue weighted by Crippen LogP contribution is 2.42. The Labute approximate surface area is 136 Å². The van der Waals surface area contributed by atoms with E-state index < -0.39 is 17.5 Å². The largest absolute Gasteiger partial charge is 0.506 e. The monoisotopic (exact) mass is 338 g/mol. The number of rotatable bonds is 3. The molecule has 114 valence electrons. The van der Waals surface area contributed by atoms with E-state index in [1.807, 2.05) is 6.92 Å². The number of carboxylic acids is 1. The predicted octanol–water partition coefficient (Wildman–Crippen LogP) is 4.34. The van der Waals surface area contributed by atoms with Gasteiger partial charge in [0, 0.05) is 5.56 Å². The third-order valence-corrected chi connectivity index (χ3v) is 3.74. The number of carboxylic acid groups (broad SMARTS) is 1. The molecule has 0 aliphatic carbocycles. The number of hydrogen-bond donors (Lipinski definition) is 3. The summed E-state index contributed by atoms with van der Waals surface area (Å²) in [5.41, 5.74) is 1.53. The zero-order chi connectivity index (χ0) is 16.4. The number of phenolic OH excluding ortho intramolecular Hbond substituents is 2. The molecule has 4 nitrogen and oxygen atoms in total. The Hall–Kier alpha value is -2.17. The molecule has 0 aliphatic heterocycles. The summed E-state index contributed by atoms with van der Waals surface area (Å²) in [4.78, 5) is 11.5. The zero-order valence-electron chi connectivity index (χ0n) is 11.5. The number of aromatic hydroxyl groups is 2. The summed E-state index contributed by atoms with van der Waals surface area (Å²) >= 11 is 11.6. The van der Waals surface area contributed by atoms with Crippen LogP contribution >= 0.6 is 23.2 Å². The Morgan fingerprint density at radius 1 is 1.09 bits per heavy atom. The van der Waals surface area contributed by atoms with E-state index >= 15 is 0 Å². The predicted molar refractivity (Wildman–Crippen MR) is 86.5 cm³/mol. The lowest BCUT2D eigenvalue weighted by Gasteiger charge is -2.08. The van der Waals surface area contributed by atoms with E-state index in [0.29, 0.717) is 5.56 Å². The van der Waals surface area contributed by atoms with Gasteiger partial charge in [0.15, 0.2) is 5.75 Å². The van der Waals surface area contributed by atoms with Crippen molar-refractivity contribution >= 4 is 40.8 Å². The molecule has 0 spiro atoms. The first-order valence-electron chi connectivity index (χ1n) is 6.23.